The highest BCUT2D eigenvalue weighted by Crippen LogP contribution is 1.98. The maximum atomic E-state index is 11.4. The van der Waals surface area contributed by atoms with Gasteiger partial charge < -0.3 is 28.7 Å². The molecule has 0 spiro atoms. The monoisotopic (exact) mass is 353 g/mol. The Kier molecular flexibility index (Phi) is 7.33. The zero-order chi connectivity index (χ0) is 12.1. The zero-order valence-electron chi connectivity index (χ0n) is 10.9. The van der Waals surface area contributed by atoms with Crippen LogP contribution in [0.5, 0.6) is 0 Å². The van der Waals surface area contributed by atoms with Gasteiger partial charge in [0.05, 0.1) is 13.2 Å². The highest BCUT2D eigenvalue weighted by molar-refractivity contribution is 5.71. The van der Waals surface area contributed by atoms with Crippen LogP contribution >= 0.6 is 0 Å². The molecule has 0 aliphatic rings. The number of hydrogen-bond donors (Lipinski definition) is 0. The van der Waals surface area contributed by atoms with E-state index in [0.717, 1.165) is 24.7 Å². The van der Waals surface area contributed by atoms with Crippen molar-refractivity contribution in [1.82, 2.24) is 9.78 Å². The lowest BCUT2D eigenvalue weighted by molar-refractivity contribution is -0.706. The van der Waals surface area contributed by atoms with Gasteiger partial charge >= 0.3 is 5.97 Å². The van der Waals surface area contributed by atoms with Crippen LogP contribution in [0.15, 0.2) is 0 Å². The molecule has 6 heteroatoms. The van der Waals surface area contributed by atoms with Crippen LogP contribution in [0.1, 0.15) is 32.4 Å². The van der Waals surface area contributed by atoms with Crippen molar-refractivity contribution in [3.05, 3.63) is 11.6 Å². The highest BCUT2D eigenvalue weighted by Gasteiger charge is 2.23. The summed E-state index contributed by atoms with van der Waals surface area (Å²) in [5.41, 5.74) is 0. The van der Waals surface area contributed by atoms with E-state index in [1.54, 1.807) is 0 Å². The molecule has 0 aliphatic carbocycles. The van der Waals surface area contributed by atoms with Gasteiger partial charge in [-0.1, -0.05) is 0 Å². The number of esters is 1. The molecule has 0 bridgehead atoms. The van der Waals surface area contributed by atoms with Crippen molar-refractivity contribution in [1.29, 1.82) is 0 Å². The predicted molar refractivity (Wildman–Crippen MR) is 58.8 cm³/mol. The van der Waals surface area contributed by atoms with E-state index in [2.05, 4.69) is 5.10 Å². The molecule has 98 valence electrons. The lowest BCUT2D eigenvalue weighted by atomic mass is 10.4. The molecule has 0 amide bonds. The minimum atomic E-state index is -0.217. The first kappa shape index (κ1) is 16.3. The molecule has 5 nitrogen and oxygen atoms in total. The van der Waals surface area contributed by atoms with Crippen molar-refractivity contribution in [3.63, 3.8) is 0 Å². The van der Waals surface area contributed by atoms with Crippen molar-refractivity contribution in [3.8, 4) is 0 Å². The van der Waals surface area contributed by atoms with Crippen LogP contribution in [0.4, 0.5) is 0 Å². The Labute approximate surface area is 119 Å². The number of ether oxygens (including phenoxy) is 1. The minimum absolute atomic E-state index is 0. The Morgan fingerprint density at radius 2 is 2.06 bits per heavy atom. The van der Waals surface area contributed by atoms with Crippen LogP contribution in [0.25, 0.3) is 0 Å². The van der Waals surface area contributed by atoms with E-state index in [9.17, 15) is 4.79 Å². The predicted octanol–water partition coefficient (Wildman–Crippen LogP) is -2.37. The van der Waals surface area contributed by atoms with Crippen LogP contribution in [0, 0.1) is 6.92 Å². The zero-order valence-corrected chi connectivity index (χ0v) is 13.0. The second kappa shape index (κ2) is 7.62. The van der Waals surface area contributed by atoms with Gasteiger partial charge in [0.2, 0.25) is 5.82 Å². The Bertz CT molecular complexity index is 377. The standard InChI is InChI=1S/C11H20N3O2.HI/c1-5-13-9(4)14(6-2)12-10(13)8-11(15)16-7-3;/h5-8H2,1-4H3;1H/q+1;/p-1. The number of aromatic nitrogens is 3. The molecule has 0 N–H and O–H groups in total. The molecule has 1 aromatic rings. The van der Waals surface area contributed by atoms with Gasteiger partial charge in [-0.2, -0.15) is 0 Å². The van der Waals surface area contributed by atoms with Crippen molar-refractivity contribution in [2.45, 2.75) is 47.2 Å². The van der Waals surface area contributed by atoms with Gasteiger partial charge in [0.1, 0.15) is 13.0 Å². The molecule has 0 saturated carbocycles. The largest absolute Gasteiger partial charge is 1.00 e. The quantitative estimate of drug-likeness (QED) is 0.338. The lowest BCUT2D eigenvalue weighted by Gasteiger charge is -1.99. The fourth-order valence-corrected chi connectivity index (χ4v) is 1.77. The van der Waals surface area contributed by atoms with Crippen molar-refractivity contribution in [2.24, 2.45) is 0 Å². The Balaban J connectivity index is 0.00000256. The number of carbonyl (C=O) groups is 1. The van der Waals surface area contributed by atoms with Crippen LogP contribution in [-0.4, -0.2) is 22.4 Å². The van der Waals surface area contributed by atoms with E-state index in [0.29, 0.717) is 6.61 Å². The summed E-state index contributed by atoms with van der Waals surface area (Å²) in [6.07, 6.45) is 0.246. The SMILES string of the molecule is CCOC(=O)Cc1nn(CC)c(C)[n+]1CC.[I-]. The van der Waals surface area contributed by atoms with Gasteiger partial charge in [-0.05, 0) is 20.8 Å². The molecule has 0 atom stereocenters. The van der Waals surface area contributed by atoms with Gasteiger partial charge in [0.25, 0.3) is 5.82 Å². The summed E-state index contributed by atoms with van der Waals surface area (Å²) >= 11 is 0. The summed E-state index contributed by atoms with van der Waals surface area (Å²) in [7, 11) is 0. The first-order chi connectivity index (χ1) is 7.63. The number of aryl methyl sites for hydroxylation is 1. The van der Waals surface area contributed by atoms with E-state index in [-0.39, 0.29) is 36.4 Å². The normalized spacial score (nSPS) is 9.88. The van der Waals surface area contributed by atoms with E-state index >= 15 is 0 Å². The van der Waals surface area contributed by atoms with E-state index in [1.165, 1.54) is 0 Å². The Hall–Kier alpha value is -0.660. The third-order valence-electron chi connectivity index (χ3n) is 2.54. The average molecular weight is 353 g/mol. The molecule has 1 rings (SSSR count). The highest BCUT2D eigenvalue weighted by atomic mass is 127. The molecule has 0 fully saturated rings. The summed E-state index contributed by atoms with van der Waals surface area (Å²) in [5, 5.41) is 4.40. The summed E-state index contributed by atoms with van der Waals surface area (Å²) in [6, 6.07) is 0. The summed E-state index contributed by atoms with van der Waals surface area (Å²) < 4.78 is 8.87. The van der Waals surface area contributed by atoms with Crippen molar-refractivity contribution in [2.75, 3.05) is 6.61 Å². The topological polar surface area (TPSA) is 48.0 Å². The first-order valence-corrected chi connectivity index (χ1v) is 5.75. The van der Waals surface area contributed by atoms with Gasteiger partial charge in [-0.3, -0.25) is 4.79 Å². The van der Waals surface area contributed by atoms with Gasteiger partial charge in [0, 0.05) is 12.0 Å². The molecule has 0 aromatic carbocycles. The molecule has 0 saturated heterocycles. The Morgan fingerprint density at radius 1 is 1.41 bits per heavy atom. The van der Waals surface area contributed by atoms with E-state index in [4.69, 9.17) is 4.74 Å². The molecule has 0 radical (unpaired) electrons. The Morgan fingerprint density at radius 3 is 2.53 bits per heavy atom. The molecule has 0 aliphatic heterocycles. The third kappa shape index (κ3) is 3.93. The second-order valence-corrected chi connectivity index (χ2v) is 3.51. The van der Waals surface area contributed by atoms with Gasteiger partial charge in [-0.15, -0.1) is 4.68 Å². The second-order valence-electron chi connectivity index (χ2n) is 3.51. The lowest BCUT2D eigenvalue weighted by Crippen LogP contribution is -3.00. The molecule has 0 unspecified atom stereocenters. The van der Waals surface area contributed by atoms with E-state index in [1.807, 2.05) is 36.9 Å². The smallest absolute Gasteiger partial charge is 0.316 e. The number of nitrogens with zero attached hydrogens (tertiary/aromatic N) is 3. The van der Waals surface area contributed by atoms with Crippen LogP contribution in [0.3, 0.4) is 0 Å². The number of hydrogen-bond acceptors (Lipinski definition) is 3. The third-order valence-corrected chi connectivity index (χ3v) is 2.54. The van der Waals surface area contributed by atoms with Crippen LogP contribution in [-0.2, 0) is 29.0 Å². The average Bonchev–Trinajstić information content (AvgIpc) is 2.54. The molecule has 1 heterocycles. The van der Waals surface area contributed by atoms with E-state index < -0.39 is 0 Å². The van der Waals surface area contributed by atoms with Crippen LogP contribution < -0.4 is 28.5 Å². The summed E-state index contributed by atoms with van der Waals surface area (Å²) in [4.78, 5) is 11.4. The fraction of sp³-hybridized carbons (Fsp3) is 0.727. The van der Waals surface area contributed by atoms with Gasteiger partial charge in [0.15, 0.2) is 0 Å². The summed E-state index contributed by atoms with van der Waals surface area (Å²) in [5.74, 6) is 1.63. The first-order valence-electron chi connectivity index (χ1n) is 5.75. The summed E-state index contributed by atoms with van der Waals surface area (Å²) in [6.45, 7) is 9.95. The van der Waals surface area contributed by atoms with Crippen LogP contribution in [0.2, 0.25) is 0 Å². The van der Waals surface area contributed by atoms with Crippen molar-refractivity contribution < 1.29 is 38.1 Å². The minimum Gasteiger partial charge on any atom is -1.00 e. The molecular weight excluding hydrogens is 333 g/mol. The molecule has 17 heavy (non-hydrogen) atoms. The fourth-order valence-electron chi connectivity index (χ4n) is 1.77. The van der Waals surface area contributed by atoms with Crippen molar-refractivity contribution >= 4 is 5.97 Å². The molecular formula is C11H20IN3O2. The number of halogens is 1. The number of rotatable bonds is 5. The number of carbonyl (C=O) groups excluding carboxylic acids is 1. The maximum Gasteiger partial charge on any atom is 0.316 e. The van der Waals surface area contributed by atoms with Gasteiger partial charge in [-0.25, -0.2) is 4.57 Å². The molecule has 1 aromatic heterocycles. The maximum absolute atomic E-state index is 11.4.